The Labute approximate surface area is 128 Å². The molecular weight excluding hydrogens is 285 g/mol. The van der Waals surface area contributed by atoms with Crippen molar-refractivity contribution in [2.24, 2.45) is 0 Å². The summed E-state index contributed by atoms with van der Waals surface area (Å²) < 4.78 is 13.6. The highest BCUT2D eigenvalue weighted by atomic mass is 19.1. The minimum Gasteiger partial charge on any atom is -0.377 e. The Morgan fingerprint density at radius 1 is 1.18 bits per heavy atom. The monoisotopic (exact) mass is 303 g/mol. The van der Waals surface area contributed by atoms with Crippen molar-refractivity contribution in [1.82, 2.24) is 4.90 Å². The zero-order valence-corrected chi connectivity index (χ0v) is 12.5. The molecule has 2 rings (SSSR count). The van der Waals surface area contributed by atoms with E-state index in [1.54, 1.807) is 0 Å². The van der Waals surface area contributed by atoms with Gasteiger partial charge in [-0.15, -0.1) is 0 Å². The zero-order valence-electron chi connectivity index (χ0n) is 12.5. The van der Waals surface area contributed by atoms with Gasteiger partial charge in [0.25, 0.3) is 0 Å². The number of nitrogens with zero attached hydrogens (tertiary/aromatic N) is 2. The molecule has 0 spiro atoms. The van der Waals surface area contributed by atoms with Crippen LogP contribution in [0.25, 0.3) is 0 Å². The molecule has 2 aromatic rings. The van der Waals surface area contributed by atoms with Crippen molar-refractivity contribution in [2.75, 3.05) is 26.0 Å². The van der Waals surface area contributed by atoms with Crippen LogP contribution in [0, 0.1) is 15.9 Å². The fourth-order valence-corrected chi connectivity index (χ4v) is 2.32. The van der Waals surface area contributed by atoms with Gasteiger partial charge in [0.1, 0.15) is 5.69 Å². The summed E-state index contributed by atoms with van der Waals surface area (Å²) in [7, 11) is 3.86. The third-order valence-electron chi connectivity index (χ3n) is 3.46. The van der Waals surface area contributed by atoms with Gasteiger partial charge in [0.15, 0.2) is 0 Å². The van der Waals surface area contributed by atoms with E-state index in [4.69, 9.17) is 0 Å². The lowest BCUT2D eigenvalue weighted by atomic mass is 10.1. The molecule has 1 N–H and O–H groups in total. The van der Waals surface area contributed by atoms with Crippen LogP contribution in [-0.4, -0.2) is 30.5 Å². The fourth-order valence-electron chi connectivity index (χ4n) is 2.32. The van der Waals surface area contributed by atoms with Gasteiger partial charge in [0.2, 0.25) is 5.82 Å². The lowest BCUT2D eigenvalue weighted by molar-refractivity contribution is -0.386. The molecule has 0 saturated carbocycles. The van der Waals surface area contributed by atoms with Crippen molar-refractivity contribution in [3.63, 3.8) is 0 Å². The smallest absolute Gasteiger partial charge is 0.327 e. The van der Waals surface area contributed by atoms with Gasteiger partial charge in [-0.05, 0) is 31.8 Å². The summed E-state index contributed by atoms with van der Waals surface area (Å²) in [6.45, 7) is 0.432. The molecule has 6 heteroatoms. The van der Waals surface area contributed by atoms with Crippen LogP contribution in [0.15, 0.2) is 48.5 Å². The molecular formula is C16H18FN3O2. The predicted octanol–water partition coefficient (Wildman–Crippen LogP) is 3.45. The van der Waals surface area contributed by atoms with E-state index in [1.165, 1.54) is 12.1 Å². The maximum Gasteiger partial charge on any atom is 0.327 e. The largest absolute Gasteiger partial charge is 0.377 e. The van der Waals surface area contributed by atoms with Gasteiger partial charge in [0, 0.05) is 6.54 Å². The average Bonchev–Trinajstić information content (AvgIpc) is 2.48. The first-order chi connectivity index (χ1) is 10.5. The van der Waals surface area contributed by atoms with E-state index in [0.29, 0.717) is 6.54 Å². The first kappa shape index (κ1) is 15.9. The van der Waals surface area contributed by atoms with E-state index in [9.17, 15) is 14.5 Å². The predicted molar refractivity (Wildman–Crippen MR) is 84.4 cm³/mol. The molecule has 0 fully saturated rings. The minimum atomic E-state index is -0.837. The molecule has 0 radical (unpaired) electrons. The van der Waals surface area contributed by atoms with Crippen molar-refractivity contribution in [3.05, 3.63) is 70.0 Å². The standard InChI is InChI=1S/C16H18FN3O2/c1-19(2)15(12-7-4-3-5-8-12)11-18-14-10-6-9-13(17)16(14)20(21)22/h3-10,15,18H,11H2,1-2H3. The van der Waals surface area contributed by atoms with E-state index in [0.717, 1.165) is 11.6 Å². The molecule has 0 aliphatic carbocycles. The van der Waals surface area contributed by atoms with Gasteiger partial charge in [-0.3, -0.25) is 10.1 Å². The molecule has 0 amide bonds. The molecule has 0 aliphatic heterocycles. The van der Waals surface area contributed by atoms with Crippen molar-refractivity contribution in [1.29, 1.82) is 0 Å². The molecule has 22 heavy (non-hydrogen) atoms. The molecule has 1 atom stereocenters. The van der Waals surface area contributed by atoms with E-state index >= 15 is 0 Å². The summed E-state index contributed by atoms with van der Waals surface area (Å²) in [5.41, 5.74) is 0.750. The molecule has 0 aliphatic rings. The summed E-state index contributed by atoms with van der Waals surface area (Å²) in [5.74, 6) is -0.837. The maximum atomic E-state index is 13.6. The Balaban J connectivity index is 2.21. The quantitative estimate of drug-likeness (QED) is 0.656. The third kappa shape index (κ3) is 3.59. The molecule has 0 heterocycles. The minimum absolute atomic E-state index is 0.0177. The number of nitrogens with one attached hydrogen (secondary N) is 1. The molecule has 1 unspecified atom stereocenters. The molecule has 0 aromatic heterocycles. The Morgan fingerprint density at radius 3 is 2.45 bits per heavy atom. The second-order valence-corrected chi connectivity index (χ2v) is 5.16. The SMILES string of the molecule is CN(C)C(CNc1cccc(F)c1[N+](=O)[O-])c1ccccc1. The Morgan fingerprint density at radius 2 is 1.86 bits per heavy atom. The number of likely N-dealkylation sites (N-methyl/N-ethyl adjacent to an activating group) is 1. The van der Waals surface area contributed by atoms with E-state index in [1.807, 2.05) is 49.3 Å². The van der Waals surface area contributed by atoms with Gasteiger partial charge >= 0.3 is 5.69 Å². The van der Waals surface area contributed by atoms with Crippen LogP contribution in [0.1, 0.15) is 11.6 Å². The van der Waals surface area contributed by atoms with Crippen molar-refractivity contribution >= 4 is 11.4 Å². The number of anilines is 1. The third-order valence-corrected chi connectivity index (χ3v) is 3.46. The lowest BCUT2D eigenvalue weighted by Crippen LogP contribution is -2.27. The second kappa shape index (κ2) is 7.00. The highest BCUT2D eigenvalue weighted by Gasteiger charge is 2.21. The summed E-state index contributed by atoms with van der Waals surface area (Å²) >= 11 is 0. The number of nitro benzene ring substituents is 1. The number of rotatable bonds is 6. The number of hydrogen-bond acceptors (Lipinski definition) is 4. The summed E-state index contributed by atoms with van der Waals surface area (Å²) in [6.07, 6.45) is 0. The van der Waals surface area contributed by atoms with Crippen LogP contribution in [0.3, 0.4) is 0 Å². The summed E-state index contributed by atoms with van der Waals surface area (Å²) in [6, 6.07) is 13.9. The number of halogens is 1. The van der Waals surface area contributed by atoms with Crippen LogP contribution in [-0.2, 0) is 0 Å². The molecule has 5 nitrogen and oxygen atoms in total. The van der Waals surface area contributed by atoms with Crippen molar-refractivity contribution < 1.29 is 9.31 Å². The number of nitro groups is 1. The summed E-state index contributed by atoms with van der Waals surface area (Å²) in [4.78, 5) is 12.3. The normalized spacial score (nSPS) is 12.2. The molecule has 116 valence electrons. The van der Waals surface area contributed by atoms with Crippen LogP contribution in [0.2, 0.25) is 0 Å². The lowest BCUT2D eigenvalue weighted by Gasteiger charge is -2.25. The van der Waals surface area contributed by atoms with Gasteiger partial charge in [-0.2, -0.15) is 4.39 Å². The number of benzene rings is 2. The number of para-hydroxylation sites is 1. The molecule has 2 aromatic carbocycles. The highest BCUT2D eigenvalue weighted by Crippen LogP contribution is 2.28. The van der Waals surface area contributed by atoms with E-state index in [-0.39, 0.29) is 11.7 Å². The van der Waals surface area contributed by atoms with Gasteiger partial charge in [-0.25, -0.2) is 0 Å². The van der Waals surface area contributed by atoms with E-state index < -0.39 is 16.4 Å². The van der Waals surface area contributed by atoms with Gasteiger partial charge in [0.05, 0.1) is 11.0 Å². The topological polar surface area (TPSA) is 58.4 Å². The van der Waals surface area contributed by atoms with Crippen LogP contribution >= 0.6 is 0 Å². The van der Waals surface area contributed by atoms with Crippen molar-refractivity contribution in [3.8, 4) is 0 Å². The maximum absolute atomic E-state index is 13.6. The number of hydrogen-bond donors (Lipinski definition) is 1. The average molecular weight is 303 g/mol. The fraction of sp³-hybridized carbons (Fsp3) is 0.250. The highest BCUT2D eigenvalue weighted by molar-refractivity contribution is 5.62. The molecule has 0 bridgehead atoms. The van der Waals surface area contributed by atoms with Crippen LogP contribution in [0.5, 0.6) is 0 Å². The Bertz CT molecular complexity index is 647. The van der Waals surface area contributed by atoms with Gasteiger partial charge in [-0.1, -0.05) is 36.4 Å². The van der Waals surface area contributed by atoms with Crippen LogP contribution < -0.4 is 5.32 Å². The first-order valence-electron chi connectivity index (χ1n) is 6.89. The van der Waals surface area contributed by atoms with E-state index in [2.05, 4.69) is 5.32 Å². The summed E-state index contributed by atoms with van der Waals surface area (Å²) in [5, 5.41) is 14.0. The Kier molecular flexibility index (Phi) is 5.06. The molecule has 0 saturated heterocycles. The zero-order chi connectivity index (χ0) is 16.1. The van der Waals surface area contributed by atoms with Crippen molar-refractivity contribution in [2.45, 2.75) is 6.04 Å². The van der Waals surface area contributed by atoms with Crippen LogP contribution in [0.4, 0.5) is 15.8 Å². The second-order valence-electron chi connectivity index (χ2n) is 5.16. The first-order valence-corrected chi connectivity index (χ1v) is 6.89. The van der Waals surface area contributed by atoms with Gasteiger partial charge < -0.3 is 10.2 Å². The Hall–Kier alpha value is -2.47.